The van der Waals surface area contributed by atoms with Crippen molar-refractivity contribution in [3.8, 4) is 0 Å². The molecule has 2 atom stereocenters. The summed E-state index contributed by atoms with van der Waals surface area (Å²) in [6.07, 6.45) is 0.563. The van der Waals surface area contributed by atoms with E-state index in [0.29, 0.717) is 0 Å². The number of rotatable bonds is 0. The van der Waals surface area contributed by atoms with Crippen LogP contribution in [-0.4, -0.2) is 17.7 Å². The number of carbonyl (C=O) groups is 1. The first-order chi connectivity index (χ1) is 8.34. The molecule has 0 amide bonds. The third-order valence-electron chi connectivity index (χ3n) is 3.95. The standard InChI is InChI=1S/C15H19NO2/c1-14(2,3)12-16-11-8-6-5-7-10(11)9-15(16,4)13(17)18-12/h5-8,12H,9H2,1-4H3/t12?,15-/m0/s1. The second-order valence-corrected chi connectivity index (χ2v) is 6.57. The maximum Gasteiger partial charge on any atom is 0.334 e. The van der Waals surface area contributed by atoms with E-state index in [1.807, 2.05) is 19.1 Å². The second-order valence-electron chi connectivity index (χ2n) is 6.57. The summed E-state index contributed by atoms with van der Waals surface area (Å²) in [4.78, 5) is 14.4. The number of anilines is 1. The highest BCUT2D eigenvalue weighted by atomic mass is 16.6. The Bertz CT molecular complexity index is 517. The number of fused-ring (bicyclic) bond motifs is 3. The minimum atomic E-state index is -0.526. The molecule has 0 bridgehead atoms. The Morgan fingerprint density at radius 1 is 1.33 bits per heavy atom. The van der Waals surface area contributed by atoms with Gasteiger partial charge in [-0.2, -0.15) is 0 Å². The van der Waals surface area contributed by atoms with Gasteiger partial charge in [0.25, 0.3) is 0 Å². The Balaban J connectivity index is 2.14. The van der Waals surface area contributed by atoms with Gasteiger partial charge in [-0.3, -0.25) is 0 Å². The van der Waals surface area contributed by atoms with Gasteiger partial charge < -0.3 is 9.64 Å². The molecular formula is C15H19NO2. The lowest BCUT2D eigenvalue weighted by atomic mass is 9.92. The van der Waals surface area contributed by atoms with Crippen LogP contribution in [0.25, 0.3) is 0 Å². The average Bonchev–Trinajstić information content (AvgIpc) is 2.70. The molecule has 0 aromatic heterocycles. The van der Waals surface area contributed by atoms with Crippen LogP contribution >= 0.6 is 0 Å². The van der Waals surface area contributed by atoms with Crippen molar-refractivity contribution in [1.82, 2.24) is 0 Å². The Morgan fingerprint density at radius 3 is 2.67 bits per heavy atom. The number of para-hydroxylation sites is 1. The quantitative estimate of drug-likeness (QED) is 0.658. The van der Waals surface area contributed by atoms with E-state index in [0.717, 1.165) is 12.1 Å². The van der Waals surface area contributed by atoms with Crippen molar-refractivity contribution >= 4 is 11.7 Å². The summed E-state index contributed by atoms with van der Waals surface area (Å²) >= 11 is 0. The van der Waals surface area contributed by atoms with Crippen LogP contribution in [0.15, 0.2) is 24.3 Å². The topological polar surface area (TPSA) is 29.5 Å². The van der Waals surface area contributed by atoms with Crippen LogP contribution in [-0.2, 0) is 16.0 Å². The lowest BCUT2D eigenvalue weighted by molar-refractivity contribution is -0.148. The first kappa shape index (κ1) is 11.6. The van der Waals surface area contributed by atoms with Crippen molar-refractivity contribution in [2.24, 2.45) is 5.41 Å². The highest BCUT2D eigenvalue weighted by Gasteiger charge is 2.58. The van der Waals surface area contributed by atoms with Gasteiger partial charge >= 0.3 is 5.97 Å². The van der Waals surface area contributed by atoms with E-state index in [1.165, 1.54) is 5.56 Å². The summed E-state index contributed by atoms with van der Waals surface area (Å²) in [7, 11) is 0. The minimum absolute atomic E-state index is 0.0924. The molecule has 1 fully saturated rings. The summed E-state index contributed by atoms with van der Waals surface area (Å²) in [5.41, 5.74) is 1.77. The molecule has 0 N–H and O–H groups in total. The molecule has 2 heterocycles. The first-order valence-corrected chi connectivity index (χ1v) is 6.42. The molecule has 3 nitrogen and oxygen atoms in total. The summed E-state index contributed by atoms with van der Waals surface area (Å²) in [6.45, 7) is 8.31. The SMILES string of the molecule is CC(C)(C)C1OC(=O)[C@]2(C)Cc3ccccc3N12. The molecule has 0 aliphatic carbocycles. The van der Waals surface area contributed by atoms with Gasteiger partial charge in [-0.15, -0.1) is 0 Å². The van der Waals surface area contributed by atoms with E-state index < -0.39 is 5.54 Å². The molecule has 3 heteroatoms. The fourth-order valence-electron chi connectivity index (χ4n) is 3.02. The molecule has 96 valence electrons. The largest absolute Gasteiger partial charge is 0.439 e. The molecule has 1 aromatic carbocycles. The zero-order valence-corrected chi connectivity index (χ0v) is 11.4. The number of hydrogen-bond donors (Lipinski definition) is 0. The van der Waals surface area contributed by atoms with Crippen molar-refractivity contribution in [3.63, 3.8) is 0 Å². The predicted octanol–water partition coefficient (Wildman–Crippen LogP) is 2.74. The van der Waals surface area contributed by atoms with E-state index in [2.05, 4.69) is 37.8 Å². The smallest absolute Gasteiger partial charge is 0.334 e. The third kappa shape index (κ3) is 1.33. The zero-order chi connectivity index (χ0) is 13.1. The molecule has 0 spiro atoms. The van der Waals surface area contributed by atoms with E-state index >= 15 is 0 Å². The van der Waals surface area contributed by atoms with Gasteiger partial charge in [-0.05, 0) is 18.6 Å². The highest BCUT2D eigenvalue weighted by Crippen LogP contribution is 2.48. The van der Waals surface area contributed by atoms with E-state index in [9.17, 15) is 4.79 Å². The Labute approximate surface area is 108 Å². The number of benzene rings is 1. The van der Waals surface area contributed by atoms with Gasteiger partial charge in [0.15, 0.2) is 6.23 Å². The normalized spacial score (nSPS) is 30.1. The van der Waals surface area contributed by atoms with Crippen molar-refractivity contribution in [1.29, 1.82) is 0 Å². The fourth-order valence-corrected chi connectivity index (χ4v) is 3.02. The van der Waals surface area contributed by atoms with E-state index in [1.54, 1.807) is 0 Å². The number of ether oxygens (including phenoxy) is 1. The van der Waals surface area contributed by atoms with Crippen LogP contribution < -0.4 is 4.90 Å². The lowest BCUT2D eigenvalue weighted by Crippen LogP contribution is -2.49. The number of carbonyl (C=O) groups excluding carboxylic acids is 1. The number of esters is 1. The first-order valence-electron chi connectivity index (χ1n) is 6.42. The highest BCUT2D eigenvalue weighted by molar-refractivity contribution is 5.92. The van der Waals surface area contributed by atoms with Crippen LogP contribution in [0, 0.1) is 5.41 Å². The summed E-state index contributed by atoms with van der Waals surface area (Å²) in [5, 5.41) is 0. The molecule has 1 unspecified atom stereocenters. The monoisotopic (exact) mass is 245 g/mol. The predicted molar refractivity (Wildman–Crippen MR) is 70.4 cm³/mol. The van der Waals surface area contributed by atoms with E-state index in [-0.39, 0.29) is 17.6 Å². The molecular weight excluding hydrogens is 226 g/mol. The molecule has 1 aromatic rings. The third-order valence-corrected chi connectivity index (χ3v) is 3.95. The van der Waals surface area contributed by atoms with Gasteiger partial charge in [0, 0.05) is 17.5 Å². The molecule has 3 rings (SSSR count). The molecule has 18 heavy (non-hydrogen) atoms. The van der Waals surface area contributed by atoms with Crippen molar-refractivity contribution in [2.45, 2.75) is 45.9 Å². The minimum Gasteiger partial charge on any atom is -0.439 e. The molecule has 2 aliphatic heterocycles. The van der Waals surface area contributed by atoms with Gasteiger partial charge in [-0.25, -0.2) is 4.79 Å². The Morgan fingerprint density at radius 2 is 2.00 bits per heavy atom. The van der Waals surface area contributed by atoms with Gasteiger partial charge in [0.2, 0.25) is 0 Å². The average molecular weight is 245 g/mol. The Kier molecular flexibility index (Phi) is 2.11. The molecule has 1 saturated heterocycles. The van der Waals surface area contributed by atoms with Crippen LogP contribution in [0.5, 0.6) is 0 Å². The maximum atomic E-state index is 12.2. The summed E-state index contributed by atoms with van der Waals surface area (Å²) in [6, 6.07) is 8.24. The number of hydrogen-bond acceptors (Lipinski definition) is 3. The fraction of sp³-hybridized carbons (Fsp3) is 0.533. The molecule has 0 saturated carbocycles. The van der Waals surface area contributed by atoms with E-state index in [4.69, 9.17) is 4.74 Å². The number of cyclic esters (lactones) is 1. The number of nitrogens with zero attached hydrogens (tertiary/aromatic N) is 1. The summed E-state index contributed by atoms with van der Waals surface area (Å²) in [5.74, 6) is -0.0985. The van der Waals surface area contributed by atoms with Crippen LogP contribution in [0.3, 0.4) is 0 Å². The maximum absolute atomic E-state index is 12.2. The summed E-state index contributed by atoms with van der Waals surface area (Å²) < 4.78 is 5.64. The van der Waals surface area contributed by atoms with Crippen molar-refractivity contribution < 1.29 is 9.53 Å². The van der Waals surface area contributed by atoms with Crippen LogP contribution in [0.2, 0.25) is 0 Å². The zero-order valence-electron chi connectivity index (χ0n) is 11.4. The lowest BCUT2D eigenvalue weighted by Gasteiger charge is -2.36. The molecule has 2 aliphatic rings. The van der Waals surface area contributed by atoms with Crippen LogP contribution in [0.1, 0.15) is 33.3 Å². The van der Waals surface area contributed by atoms with Crippen LogP contribution in [0.4, 0.5) is 5.69 Å². The van der Waals surface area contributed by atoms with Gasteiger partial charge in [-0.1, -0.05) is 39.0 Å². The van der Waals surface area contributed by atoms with Gasteiger partial charge in [0.1, 0.15) is 5.54 Å². The second kappa shape index (κ2) is 3.28. The van der Waals surface area contributed by atoms with Crippen molar-refractivity contribution in [2.75, 3.05) is 4.90 Å². The van der Waals surface area contributed by atoms with Crippen molar-refractivity contribution in [3.05, 3.63) is 29.8 Å². The Hall–Kier alpha value is -1.51. The molecule has 0 radical (unpaired) electrons. The van der Waals surface area contributed by atoms with Gasteiger partial charge in [0.05, 0.1) is 0 Å².